The summed E-state index contributed by atoms with van der Waals surface area (Å²) in [5.74, 6) is 0.686. The van der Waals surface area contributed by atoms with E-state index in [2.05, 4.69) is 0 Å². The van der Waals surface area contributed by atoms with Crippen molar-refractivity contribution in [2.45, 2.75) is 26.7 Å². The quantitative estimate of drug-likeness (QED) is 0.846. The van der Waals surface area contributed by atoms with Crippen LogP contribution >= 0.6 is 0 Å². The SMILES string of the molecule is CCC1=C(CC)C(=O)c2c(OC)cc(OC)cc2C1=O. The number of hydrogen-bond donors (Lipinski definition) is 0. The van der Waals surface area contributed by atoms with Crippen molar-refractivity contribution < 1.29 is 19.1 Å². The van der Waals surface area contributed by atoms with E-state index in [9.17, 15) is 9.59 Å². The Hall–Kier alpha value is -2.10. The summed E-state index contributed by atoms with van der Waals surface area (Å²) >= 11 is 0. The zero-order valence-corrected chi connectivity index (χ0v) is 12.2. The molecule has 1 aromatic carbocycles. The second-order valence-electron chi connectivity index (χ2n) is 4.57. The average Bonchev–Trinajstić information content (AvgIpc) is 2.48. The molecule has 0 radical (unpaired) electrons. The summed E-state index contributed by atoms with van der Waals surface area (Å²) in [4.78, 5) is 25.2. The third-order valence-corrected chi connectivity index (χ3v) is 3.62. The largest absolute Gasteiger partial charge is 0.497 e. The number of allylic oxidation sites excluding steroid dienone is 2. The van der Waals surface area contributed by atoms with E-state index in [1.54, 1.807) is 12.1 Å². The molecule has 0 bridgehead atoms. The van der Waals surface area contributed by atoms with Gasteiger partial charge in [-0.2, -0.15) is 0 Å². The fourth-order valence-electron chi connectivity index (χ4n) is 2.62. The smallest absolute Gasteiger partial charge is 0.193 e. The Morgan fingerprint density at radius 1 is 0.900 bits per heavy atom. The van der Waals surface area contributed by atoms with Crippen molar-refractivity contribution in [1.82, 2.24) is 0 Å². The maximum atomic E-state index is 12.6. The van der Waals surface area contributed by atoms with Crippen molar-refractivity contribution in [3.8, 4) is 11.5 Å². The predicted octanol–water partition coefficient (Wildman–Crippen LogP) is 3.20. The fraction of sp³-hybridized carbons (Fsp3) is 0.375. The summed E-state index contributed by atoms with van der Waals surface area (Å²) in [6.45, 7) is 3.77. The van der Waals surface area contributed by atoms with Crippen LogP contribution in [0.3, 0.4) is 0 Å². The Balaban J connectivity index is 2.75. The van der Waals surface area contributed by atoms with Crippen molar-refractivity contribution in [3.63, 3.8) is 0 Å². The van der Waals surface area contributed by atoms with E-state index in [0.29, 0.717) is 46.6 Å². The van der Waals surface area contributed by atoms with Crippen LogP contribution < -0.4 is 9.47 Å². The van der Waals surface area contributed by atoms with Crippen LogP contribution in [0.25, 0.3) is 0 Å². The Bertz CT molecular complexity index is 611. The molecule has 0 N–H and O–H groups in total. The van der Waals surface area contributed by atoms with Gasteiger partial charge in [-0.05, 0) is 18.9 Å². The van der Waals surface area contributed by atoms with E-state index in [1.165, 1.54) is 14.2 Å². The van der Waals surface area contributed by atoms with Gasteiger partial charge in [0, 0.05) is 22.8 Å². The van der Waals surface area contributed by atoms with Gasteiger partial charge < -0.3 is 9.47 Å². The maximum absolute atomic E-state index is 12.6. The lowest BCUT2D eigenvalue weighted by Gasteiger charge is -2.22. The summed E-state index contributed by atoms with van der Waals surface area (Å²) in [5, 5.41) is 0. The number of fused-ring (bicyclic) bond motifs is 1. The highest BCUT2D eigenvalue weighted by molar-refractivity contribution is 6.28. The van der Waals surface area contributed by atoms with Crippen LogP contribution in [0.1, 0.15) is 47.4 Å². The standard InChI is InChI=1S/C16H18O4/c1-5-10-11(6-2)16(18)14-12(15(10)17)7-9(19-3)8-13(14)20-4/h7-8H,5-6H2,1-4H3. The van der Waals surface area contributed by atoms with Crippen molar-refractivity contribution in [2.24, 2.45) is 0 Å². The number of methoxy groups -OCH3 is 2. The number of hydrogen-bond acceptors (Lipinski definition) is 4. The Morgan fingerprint density at radius 2 is 1.50 bits per heavy atom. The lowest BCUT2D eigenvalue weighted by atomic mass is 9.81. The second kappa shape index (κ2) is 5.49. The van der Waals surface area contributed by atoms with Crippen LogP contribution in [0.4, 0.5) is 0 Å². The number of ether oxygens (including phenoxy) is 2. The summed E-state index contributed by atoms with van der Waals surface area (Å²) < 4.78 is 10.4. The molecule has 20 heavy (non-hydrogen) atoms. The number of carbonyl (C=O) groups excluding carboxylic acids is 2. The summed E-state index contributed by atoms with van der Waals surface area (Å²) in [6, 6.07) is 3.24. The van der Waals surface area contributed by atoms with Crippen molar-refractivity contribution >= 4 is 11.6 Å². The van der Waals surface area contributed by atoms with Crippen LogP contribution in [0.15, 0.2) is 23.3 Å². The summed E-state index contributed by atoms with van der Waals surface area (Å²) in [5.41, 5.74) is 1.92. The van der Waals surface area contributed by atoms with Gasteiger partial charge in [0.25, 0.3) is 0 Å². The van der Waals surface area contributed by atoms with Crippen LogP contribution in [-0.2, 0) is 0 Å². The lowest BCUT2D eigenvalue weighted by molar-refractivity contribution is 0.0967. The number of rotatable bonds is 4. The first-order chi connectivity index (χ1) is 9.58. The first-order valence-electron chi connectivity index (χ1n) is 6.66. The molecule has 0 saturated carbocycles. The number of Topliss-reactive ketones (excluding diaryl/α,β-unsaturated/α-hetero) is 2. The van der Waals surface area contributed by atoms with Gasteiger partial charge in [0.05, 0.1) is 19.8 Å². The molecule has 0 fully saturated rings. The van der Waals surface area contributed by atoms with E-state index < -0.39 is 0 Å². The molecular weight excluding hydrogens is 256 g/mol. The molecule has 0 atom stereocenters. The summed E-state index contributed by atoms with van der Waals surface area (Å²) in [6.07, 6.45) is 1.09. The van der Waals surface area contributed by atoms with E-state index >= 15 is 0 Å². The number of carbonyl (C=O) groups is 2. The minimum absolute atomic E-state index is 0.101. The molecule has 0 saturated heterocycles. The van der Waals surface area contributed by atoms with Gasteiger partial charge in [-0.25, -0.2) is 0 Å². The van der Waals surface area contributed by atoms with Crippen LogP contribution in [0.2, 0.25) is 0 Å². The van der Waals surface area contributed by atoms with E-state index in [4.69, 9.17) is 9.47 Å². The van der Waals surface area contributed by atoms with Crippen LogP contribution in [0.5, 0.6) is 11.5 Å². The van der Waals surface area contributed by atoms with E-state index in [1.807, 2.05) is 13.8 Å². The zero-order chi connectivity index (χ0) is 14.9. The summed E-state index contributed by atoms with van der Waals surface area (Å²) in [7, 11) is 3.00. The van der Waals surface area contributed by atoms with E-state index in [0.717, 1.165) is 0 Å². The third kappa shape index (κ3) is 2.01. The van der Waals surface area contributed by atoms with Crippen molar-refractivity contribution in [3.05, 3.63) is 34.4 Å². The third-order valence-electron chi connectivity index (χ3n) is 3.62. The fourth-order valence-corrected chi connectivity index (χ4v) is 2.62. The van der Waals surface area contributed by atoms with Gasteiger partial charge in [-0.1, -0.05) is 13.8 Å². The predicted molar refractivity (Wildman–Crippen MR) is 75.8 cm³/mol. The Kier molecular flexibility index (Phi) is 3.93. The highest BCUT2D eigenvalue weighted by atomic mass is 16.5. The Morgan fingerprint density at radius 3 is 2.00 bits per heavy atom. The first kappa shape index (κ1) is 14.3. The van der Waals surface area contributed by atoms with Crippen LogP contribution in [-0.4, -0.2) is 25.8 Å². The number of benzene rings is 1. The van der Waals surface area contributed by atoms with E-state index in [-0.39, 0.29) is 11.6 Å². The zero-order valence-electron chi connectivity index (χ0n) is 12.2. The molecule has 0 unspecified atom stereocenters. The number of ketones is 2. The molecular formula is C16H18O4. The monoisotopic (exact) mass is 274 g/mol. The molecule has 0 aromatic heterocycles. The lowest BCUT2D eigenvalue weighted by Crippen LogP contribution is -2.22. The van der Waals surface area contributed by atoms with Crippen molar-refractivity contribution in [1.29, 1.82) is 0 Å². The topological polar surface area (TPSA) is 52.6 Å². The normalized spacial score (nSPS) is 14.4. The molecule has 1 aliphatic rings. The van der Waals surface area contributed by atoms with Gasteiger partial charge in [-0.15, -0.1) is 0 Å². The Labute approximate surface area is 118 Å². The van der Waals surface area contributed by atoms with Gasteiger partial charge in [0.15, 0.2) is 11.6 Å². The van der Waals surface area contributed by atoms with Gasteiger partial charge >= 0.3 is 0 Å². The molecule has 2 rings (SSSR count). The molecule has 1 aliphatic carbocycles. The first-order valence-corrected chi connectivity index (χ1v) is 6.66. The van der Waals surface area contributed by atoms with Gasteiger partial charge in [-0.3, -0.25) is 9.59 Å². The van der Waals surface area contributed by atoms with Gasteiger partial charge in [0.1, 0.15) is 11.5 Å². The minimum atomic E-state index is -0.113. The van der Waals surface area contributed by atoms with Crippen molar-refractivity contribution in [2.75, 3.05) is 14.2 Å². The molecule has 0 aliphatic heterocycles. The maximum Gasteiger partial charge on any atom is 0.193 e. The second-order valence-corrected chi connectivity index (χ2v) is 4.57. The molecule has 106 valence electrons. The molecule has 1 aromatic rings. The minimum Gasteiger partial charge on any atom is -0.497 e. The van der Waals surface area contributed by atoms with Crippen LogP contribution in [0, 0.1) is 0 Å². The highest BCUT2D eigenvalue weighted by Gasteiger charge is 2.33. The molecule has 0 amide bonds. The average molecular weight is 274 g/mol. The molecule has 0 spiro atoms. The highest BCUT2D eigenvalue weighted by Crippen LogP contribution is 2.37. The molecule has 4 nitrogen and oxygen atoms in total. The van der Waals surface area contributed by atoms with Gasteiger partial charge in [0.2, 0.25) is 0 Å². The molecule has 4 heteroatoms. The molecule has 0 heterocycles.